The molecule has 0 aliphatic rings. The van der Waals surface area contributed by atoms with Crippen molar-refractivity contribution in [3.8, 4) is 17.1 Å². The summed E-state index contributed by atoms with van der Waals surface area (Å²) in [7, 11) is 1.70. The molecule has 0 bridgehead atoms. The third-order valence-electron chi connectivity index (χ3n) is 3.92. The molecule has 0 fully saturated rings. The number of carbonyl (C=O) groups is 1. The van der Waals surface area contributed by atoms with Gasteiger partial charge < -0.3 is 14.2 Å². The van der Waals surface area contributed by atoms with Crippen LogP contribution in [0.15, 0.2) is 65.2 Å². The van der Waals surface area contributed by atoms with Crippen molar-refractivity contribution < 1.29 is 14.1 Å². The first-order valence-electron chi connectivity index (χ1n) is 8.52. The summed E-state index contributed by atoms with van der Waals surface area (Å²) in [6.07, 6.45) is 0.0101. The first-order valence-corrected chi connectivity index (χ1v) is 8.52. The van der Waals surface area contributed by atoms with Gasteiger partial charge in [0.05, 0.1) is 6.54 Å². The van der Waals surface area contributed by atoms with Crippen molar-refractivity contribution in [2.75, 3.05) is 7.05 Å². The maximum Gasteiger partial charge on any atom is 0.263 e. The van der Waals surface area contributed by atoms with Crippen LogP contribution in [-0.4, -0.2) is 34.1 Å². The number of ether oxygens (including phenoxy) is 1. The second kappa shape index (κ2) is 8.29. The van der Waals surface area contributed by atoms with Crippen LogP contribution in [0.4, 0.5) is 0 Å². The molecule has 0 saturated carbocycles. The first-order chi connectivity index (χ1) is 12.7. The van der Waals surface area contributed by atoms with Crippen LogP contribution in [0.2, 0.25) is 0 Å². The third-order valence-corrected chi connectivity index (χ3v) is 3.92. The Morgan fingerprint density at radius 2 is 1.77 bits per heavy atom. The van der Waals surface area contributed by atoms with E-state index in [1.807, 2.05) is 67.6 Å². The SMILES string of the molecule is CC[C@H](Oc1ccccc1)C(=O)N(C)Cc1nc(-c2ccccc2)no1. The summed E-state index contributed by atoms with van der Waals surface area (Å²) in [5.74, 6) is 1.43. The zero-order valence-electron chi connectivity index (χ0n) is 14.8. The minimum absolute atomic E-state index is 0.129. The number of hydrogen-bond acceptors (Lipinski definition) is 5. The fraction of sp³-hybridized carbons (Fsp3) is 0.250. The number of aromatic nitrogens is 2. The molecular weight excluding hydrogens is 330 g/mol. The monoisotopic (exact) mass is 351 g/mol. The molecule has 0 spiro atoms. The van der Waals surface area contributed by atoms with E-state index in [9.17, 15) is 4.79 Å². The molecule has 134 valence electrons. The van der Waals surface area contributed by atoms with Gasteiger partial charge in [-0.15, -0.1) is 0 Å². The molecule has 26 heavy (non-hydrogen) atoms. The minimum Gasteiger partial charge on any atom is -0.481 e. The molecule has 0 unspecified atom stereocenters. The topological polar surface area (TPSA) is 68.5 Å². The predicted molar refractivity (Wildman–Crippen MR) is 97.4 cm³/mol. The van der Waals surface area contributed by atoms with Crippen molar-refractivity contribution in [3.05, 3.63) is 66.6 Å². The maximum atomic E-state index is 12.7. The van der Waals surface area contributed by atoms with E-state index in [1.165, 1.54) is 0 Å². The van der Waals surface area contributed by atoms with Crippen LogP contribution < -0.4 is 4.74 Å². The van der Waals surface area contributed by atoms with Crippen molar-refractivity contribution in [2.24, 2.45) is 0 Å². The zero-order chi connectivity index (χ0) is 18.4. The highest BCUT2D eigenvalue weighted by molar-refractivity contribution is 5.80. The van der Waals surface area contributed by atoms with Crippen molar-refractivity contribution in [2.45, 2.75) is 26.0 Å². The molecule has 0 aliphatic heterocycles. The van der Waals surface area contributed by atoms with Crippen LogP contribution >= 0.6 is 0 Å². The Morgan fingerprint density at radius 1 is 1.12 bits per heavy atom. The molecular formula is C20H21N3O3. The predicted octanol–water partition coefficient (Wildman–Crippen LogP) is 3.55. The van der Waals surface area contributed by atoms with Gasteiger partial charge in [-0.05, 0) is 18.6 Å². The zero-order valence-corrected chi connectivity index (χ0v) is 14.8. The van der Waals surface area contributed by atoms with Crippen LogP contribution in [0.5, 0.6) is 5.75 Å². The number of likely N-dealkylation sites (N-methyl/N-ethyl adjacent to an activating group) is 1. The maximum absolute atomic E-state index is 12.7. The Labute approximate surface area is 152 Å². The number of amides is 1. The lowest BCUT2D eigenvalue weighted by atomic mass is 10.2. The Morgan fingerprint density at radius 3 is 2.42 bits per heavy atom. The van der Waals surface area contributed by atoms with Crippen LogP contribution in [0.3, 0.4) is 0 Å². The standard InChI is InChI=1S/C20H21N3O3/c1-3-17(25-16-12-8-5-9-13-16)20(24)23(2)14-18-21-19(22-26-18)15-10-6-4-7-11-15/h4-13,17H,3,14H2,1-2H3/t17-/m0/s1. The van der Waals surface area contributed by atoms with Gasteiger partial charge in [0, 0.05) is 12.6 Å². The molecule has 3 aromatic rings. The highest BCUT2D eigenvalue weighted by Gasteiger charge is 2.24. The molecule has 0 N–H and O–H groups in total. The van der Waals surface area contributed by atoms with E-state index >= 15 is 0 Å². The van der Waals surface area contributed by atoms with Crippen molar-refractivity contribution in [1.82, 2.24) is 15.0 Å². The van der Waals surface area contributed by atoms with Gasteiger partial charge in [0.2, 0.25) is 11.7 Å². The molecule has 1 atom stereocenters. The largest absolute Gasteiger partial charge is 0.481 e. The van der Waals surface area contributed by atoms with Crippen LogP contribution in [-0.2, 0) is 11.3 Å². The number of benzene rings is 2. The second-order valence-corrected chi connectivity index (χ2v) is 5.90. The summed E-state index contributed by atoms with van der Waals surface area (Å²) in [5, 5.41) is 3.98. The van der Waals surface area contributed by atoms with E-state index in [1.54, 1.807) is 11.9 Å². The molecule has 3 rings (SSSR count). The van der Waals surface area contributed by atoms with Crippen LogP contribution in [0, 0.1) is 0 Å². The highest BCUT2D eigenvalue weighted by Crippen LogP contribution is 2.17. The van der Waals surface area contributed by atoms with Crippen LogP contribution in [0.25, 0.3) is 11.4 Å². The summed E-state index contributed by atoms with van der Waals surface area (Å²) in [6, 6.07) is 18.9. The molecule has 0 saturated heterocycles. The molecule has 1 amide bonds. The van der Waals surface area contributed by atoms with E-state index in [2.05, 4.69) is 10.1 Å². The van der Waals surface area contributed by atoms with Gasteiger partial charge in [-0.25, -0.2) is 0 Å². The number of nitrogens with zero attached hydrogens (tertiary/aromatic N) is 3. The average Bonchev–Trinajstić information content (AvgIpc) is 3.15. The number of rotatable bonds is 7. The molecule has 0 aliphatic carbocycles. The van der Waals surface area contributed by atoms with E-state index < -0.39 is 6.10 Å². The average molecular weight is 351 g/mol. The minimum atomic E-state index is -0.557. The summed E-state index contributed by atoms with van der Waals surface area (Å²) >= 11 is 0. The smallest absolute Gasteiger partial charge is 0.263 e. The molecule has 2 aromatic carbocycles. The molecule has 0 radical (unpaired) electrons. The lowest BCUT2D eigenvalue weighted by Crippen LogP contribution is -2.39. The van der Waals surface area contributed by atoms with E-state index in [-0.39, 0.29) is 12.5 Å². The number of carbonyl (C=O) groups excluding carboxylic acids is 1. The molecule has 1 heterocycles. The van der Waals surface area contributed by atoms with E-state index in [0.29, 0.717) is 23.9 Å². The summed E-state index contributed by atoms with van der Waals surface area (Å²) < 4.78 is 11.1. The molecule has 1 aromatic heterocycles. The summed E-state index contributed by atoms with van der Waals surface area (Å²) in [6.45, 7) is 2.15. The fourth-order valence-electron chi connectivity index (χ4n) is 2.52. The lowest BCUT2D eigenvalue weighted by molar-refractivity contribution is -0.138. The second-order valence-electron chi connectivity index (χ2n) is 5.90. The Balaban J connectivity index is 1.64. The van der Waals surface area contributed by atoms with Crippen LogP contribution in [0.1, 0.15) is 19.2 Å². The van der Waals surface area contributed by atoms with E-state index in [0.717, 1.165) is 5.56 Å². The molecule has 6 heteroatoms. The normalized spacial score (nSPS) is 11.8. The Hall–Kier alpha value is -3.15. The van der Waals surface area contributed by atoms with Gasteiger partial charge in [0.15, 0.2) is 6.10 Å². The summed E-state index contributed by atoms with van der Waals surface area (Å²) in [4.78, 5) is 18.6. The highest BCUT2D eigenvalue weighted by atomic mass is 16.5. The van der Waals surface area contributed by atoms with Gasteiger partial charge in [0.25, 0.3) is 5.91 Å². The quantitative estimate of drug-likeness (QED) is 0.651. The Kier molecular flexibility index (Phi) is 5.63. The van der Waals surface area contributed by atoms with Crippen molar-refractivity contribution in [3.63, 3.8) is 0 Å². The third kappa shape index (κ3) is 4.27. The van der Waals surface area contributed by atoms with Gasteiger partial charge in [0.1, 0.15) is 5.75 Å². The van der Waals surface area contributed by atoms with Gasteiger partial charge in [-0.2, -0.15) is 4.98 Å². The molecule has 6 nitrogen and oxygen atoms in total. The van der Waals surface area contributed by atoms with Gasteiger partial charge in [-0.3, -0.25) is 4.79 Å². The first kappa shape index (κ1) is 17.7. The Bertz CT molecular complexity index is 834. The van der Waals surface area contributed by atoms with Gasteiger partial charge >= 0.3 is 0 Å². The van der Waals surface area contributed by atoms with Crippen molar-refractivity contribution in [1.29, 1.82) is 0 Å². The number of hydrogen-bond donors (Lipinski definition) is 0. The number of para-hydroxylation sites is 1. The lowest BCUT2D eigenvalue weighted by Gasteiger charge is -2.22. The van der Waals surface area contributed by atoms with Crippen molar-refractivity contribution >= 4 is 5.91 Å². The fourth-order valence-corrected chi connectivity index (χ4v) is 2.52. The summed E-state index contributed by atoms with van der Waals surface area (Å²) in [5.41, 5.74) is 0.871. The van der Waals surface area contributed by atoms with Gasteiger partial charge in [-0.1, -0.05) is 60.6 Å². The van der Waals surface area contributed by atoms with E-state index in [4.69, 9.17) is 9.26 Å².